The van der Waals surface area contributed by atoms with E-state index in [0.717, 1.165) is 17.0 Å². The molecule has 0 unspecified atom stereocenters. The number of amides is 1. The molecule has 5 heteroatoms. The summed E-state index contributed by atoms with van der Waals surface area (Å²) >= 11 is 0. The van der Waals surface area contributed by atoms with Crippen LogP contribution < -0.4 is 15.2 Å². The second-order valence-electron chi connectivity index (χ2n) is 4.15. The number of methoxy groups -OCH3 is 2. The number of aromatic amines is 1. The van der Waals surface area contributed by atoms with Gasteiger partial charge in [-0.2, -0.15) is 0 Å². The van der Waals surface area contributed by atoms with Crippen LogP contribution in [0.1, 0.15) is 16.1 Å². The van der Waals surface area contributed by atoms with Crippen LogP contribution in [0.2, 0.25) is 0 Å². The number of benzene rings is 1. The fourth-order valence-corrected chi connectivity index (χ4v) is 1.98. The Hall–Kier alpha value is -2.43. The molecule has 2 rings (SSSR count). The lowest BCUT2D eigenvalue weighted by molar-refractivity contribution is 0.1000. The molecule has 0 aliphatic rings. The van der Waals surface area contributed by atoms with Gasteiger partial charge in [0.1, 0.15) is 11.5 Å². The first-order valence-corrected chi connectivity index (χ1v) is 5.78. The summed E-state index contributed by atoms with van der Waals surface area (Å²) < 4.78 is 10.5. The molecule has 0 fully saturated rings. The van der Waals surface area contributed by atoms with E-state index in [9.17, 15) is 4.79 Å². The number of aryl methyl sites for hydroxylation is 1. The lowest BCUT2D eigenvalue weighted by Gasteiger charge is -2.09. The number of primary amides is 1. The van der Waals surface area contributed by atoms with E-state index in [1.165, 1.54) is 0 Å². The Labute approximate surface area is 111 Å². The predicted octanol–water partition coefficient (Wildman–Crippen LogP) is 2.11. The highest BCUT2D eigenvalue weighted by Crippen LogP contribution is 2.33. The van der Waals surface area contributed by atoms with Crippen LogP contribution in [0, 0.1) is 6.92 Å². The normalized spacial score (nSPS) is 10.3. The van der Waals surface area contributed by atoms with Gasteiger partial charge < -0.3 is 20.2 Å². The Balaban J connectivity index is 2.52. The number of aromatic nitrogens is 1. The largest absolute Gasteiger partial charge is 0.497 e. The lowest BCUT2D eigenvalue weighted by atomic mass is 10.1. The van der Waals surface area contributed by atoms with Crippen molar-refractivity contribution in [3.63, 3.8) is 0 Å². The number of hydrogen-bond donors (Lipinski definition) is 2. The number of carbonyl (C=O) groups excluding carboxylic acids is 1. The van der Waals surface area contributed by atoms with E-state index in [1.54, 1.807) is 33.3 Å². The van der Waals surface area contributed by atoms with Crippen molar-refractivity contribution in [2.45, 2.75) is 6.92 Å². The summed E-state index contributed by atoms with van der Waals surface area (Å²) in [4.78, 5) is 14.4. The van der Waals surface area contributed by atoms with Crippen molar-refractivity contribution in [2.75, 3.05) is 14.2 Å². The van der Waals surface area contributed by atoms with Crippen LogP contribution in [0.5, 0.6) is 11.5 Å². The van der Waals surface area contributed by atoms with E-state index in [2.05, 4.69) is 4.98 Å². The molecule has 0 atom stereocenters. The third-order valence-electron chi connectivity index (χ3n) is 2.98. The average Bonchev–Trinajstić information content (AvgIpc) is 2.80. The first-order valence-electron chi connectivity index (χ1n) is 5.78. The van der Waals surface area contributed by atoms with Gasteiger partial charge in [0.25, 0.3) is 5.91 Å². The quantitative estimate of drug-likeness (QED) is 0.883. The molecule has 0 aliphatic carbocycles. The molecule has 0 spiro atoms. The fraction of sp³-hybridized carbons (Fsp3) is 0.214. The maximum absolute atomic E-state index is 11.3. The van der Waals surface area contributed by atoms with Crippen molar-refractivity contribution < 1.29 is 14.3 Å². The number of rotatable bonds is 4. The van der Waals surface area contributed by atoms with E-state index in [-0.39, 0.29) is 0 Å². The highest BCUT2D eigenvalue weighted by molar-refractivity contribution is 5.95. The summed E-state index contributed by atoms with van der Waals surface area (Å²) in [5, 5.41) is 0. The molecule has 1 amide bonds. The topological polar surface area (TPSA) is 77.3 Å². The molecule has 5 nitrogen and oxygen atoms in total. The summed E-state index contributed by atoms with van der Waals surface area (Å²) in [6.45, 7) is 1.81. The highest BCUT2D eigenvalue weighted by atomic mass is 16.5. The second-order valence-corrected chi connectivity index (χ2v) is 4.15. The molecule has 1 heterocycles. The summed E-state index contributed by atoms with van der Waals surface area (Å²) in [5.74, 6) is 0.920. The van der Waals surface area contributed by atoms with Gasteiger partial charge in [0.2, 0.25) is 0 Å². The number of nitrogens with two attached hydrogens (primary N) is 1. The number of H-pyrrole nitrogens is 1. The average molecular weight is 260 g/mol. The number of carbonyl (C=O) groups is 1. The maximum atomic E-state index is 11.3. The molecular weight excluding hydrogens is 244 g/mol. The molecule has 3 N–H and O–H groups in total. The van der Waals surface area contributed by atoms with Crippen LogP contribution in [0.25, 0.3) is 11.3 Å². The van der Waals surface area contributed by atoms with Crippen LogP contribution in [0.15, 0.2) is 24.3 Å². The Kier molecular flexibility index (Phi) is 3.46. The van der Waals surface area contributed by atoms with Gasteiger partial charge in [-0.15, -0.1) is 0 Å². The van der Waals surface area contributed by atoms with Crippen LogP contribution in [0.3, 0.4) is 0 Å². The van der Waals surface area contributed by atoms with Crippen LogP contribution >= 0.6 is 0 Å². The fourth-order valence-electron chi connectivity index (χ4n) is 1.98. The minimum absolute atomic E-state index is 0.451. The van der Waals surface area contributed by atoms with E-state index >= 15 is 0 Å². The van der Waals surface area contributed by atoms with Crippen LogP contribution in [0.4, 0.5) is 0 Å². The van der Waals surface area contributed by atoms with E-state index in [1.807, 2.05) is 12.1 Å². The number of hydrogen-bond acceptors (Lipinski definition) is 3. The Morgan fingerprint density at radius 1 is 1.21 bits per heavy atom. The summed E-state index contributed by atoms with van der Waals surface area (Å²) in [5.41, 5.74) is 8.16. The molecule has 0 saturated heterocycles. The number of ether oxygens (including phenoxy) is 2. The standard InChI is InChI=1S/C14H16N2O3/c1-8-11(14(15)17)7-12(16-8)10-5-4-9(18-2)6-13(10)19-3/h4-7,16H,1-3H3,(H2,15,17). The zero-order chi connectivity index (χ0) is 14.0. The smallest absolute Gasteiger partial charge is 0.250 e. The number of nitrogens with one attached hydrogen (secondary N) is 1. The van der Waals surface area contributed by atoms with E-state index in [4.69, 9.17) is 15.2 Å². The summed E-state index contributed by atoms with van der Waals surface area (Å²) in [6.07, 6.45) is 0. The Morgan fingerprint density at radius 2 is 1.95 bits per heavy atom. The van der Waals surface area contributed by atoms with Gasteiger partial charge in [0.05, 0.1) is 25.5 Å². The molecule has 1 aromatic carbocycles. The third kappa shape index (κ3) is 2.40. The van der Waals surface area contributed by atoms with Gasteiger partial charge in [0.15, 0.2) is 0 Å². The Bertz CT molecular complexity index is 617. The van der Waals surface area contributed by atoms with Crippen LogP contribution in [-0.4, -0.2) is 25.1 Å². The monoisotopic (exact) mass is 260 g/mol. The molecule has 0 radical (unpaired) electrons. The summed E-state index contributed by atoms with van der Waals surface area (Å²) in [6, 6.07) is 7.21. The second kappa shape index (κ2) is 5.06. The molecule has 1 aromatic heterocycles. The first-order chi connectivity index (χ1) is 9.06. The van der Waals surface area contributed by atoms with Crippen molar-refractivity contribution in [1.82, 2.24) is 4.98 Å². The molecule has 0 aliphatic heterocycles. The minimum Gasteiger partial charge on any atom is -0.497 e. The summed E-state index contributed by atoms with van der Waals surface area (Å²) in [7, 11) is 3.18. The SMILES string of the molecule is COc1ccc(-c2cc(C(N)=O)c(C)[nH]2)c(OC)c1. The van der Waals surface area contributed by atoms with Crippen molar-refractivity contribution in [1.29, 1.82) is 0 Å². The Morgan fingerprint density at radius 3 is 2.47 bits per heavy atom. The first kappa shape index (κ1) is 13.0. The van der Waals surface area contributed by atoms with Gasteiger partial charge in [-0.05, 0) is 25.1 Å². The van der Waals surface area contributed by atoms with Gasteiger partial charge in [-0.1, -0.05) is 0 Å². The molecule has 0 bridgehead atoms. The zero-order valence-corrected chi connectivity index (χ0v) is 11.1. The highest BCUT2D eigenvalue weighted by Gasteiger charge is 2.14. The van der Waals surface area contributed by atoms with Gasteiger partial charge in [-0.25, -0.2) is 0 Å². The lowest BCUT2D eigenvalue weighted by Crippen LogP contribution is -2.10. The molecule has 19 heavy (non-hydrogen) atoms. The molecular formula is C14H16N2O3. The van der Waals surface area contributed by atoms with Gasteiger partial charge in [0, 0.05) is 17.3 Å². The van der Waals surface area contributed by atoms with Crippen molar-refractivity contribution in [3.05, 3.63) is 35.5 Å². The van der Waals surface area contributed by atoms with E-state index < -0.39 is 5.91 Å². The van der Waals surface area contributed by atoms with Gasteiger partial charge in [-0.3, -0.25) is 4.79 Å². The molecule has 0 saturated carbocycles. The minimum atomic E-state index is -0.451. The van der Waals surface area contributed by atoms with Crippen molar-refractivity contribution >= 4 is 5.91 Å². The zero-order valence-electron chi connectivity index (χ0n) is 11.1. The van der Waals surface area contributed by atoms with E-state index in [0.29, 0.717) is 17.1 Å². The molecule has 100 valence electrons. The predicted molar refractivity (Wildman–Crippen MR) is 72.6 cm³/mol. The third-order valence-corrected chi connectivity index (χ3v) is 2.98. The maximum Gasteiger partial charge on any atom is 0.250 e. The van der Waals surface area contributed by atoms with Gasteiger partial charge >= 0.3 is 0 Å². The van der Waals surface area contributed by atoms with Crippen LogP contribution in [-0.2, 0) is 0 Å². The van der Waals surface area contributed by atoms with Crippen molar-refractivity contribution in [3.8, 4) is 22.8 Å². The molecule has 2 aromatic rings. The van der Waals surface area contributed by atoms with Crippen molar-refractivity contribution in [2.24, 2.45) is 5.73 Å².